The van der Waals surface area contributed by atoms with Gasteiger partial charge in [-0.25, -0.2) is 0 Å². The molecule has 0 aliphatic carbocycles. The van der Waals surface area contributed by atoms with E-state index in [4.69, 9.17) is 0 Å². The van der Waals surface area contributed by atoms with Crippen molar-refractivity contribution >= 4 is 13.5 Å². The Labute approximate surface area is 66.4 Å². The molecular weight excluding hydrogens is 170 g/mol. The fraction of sp³-hybridized carbons (Fsp3) is 0. The maximum absolute atomic E-state index is 3.78. The van der Waals surface area contributed by atoms with E-state index in [1.54, 1.807) is 12.4 Å². The minimum atomic E-state index is 0. The molecular formula is C5H7CuNS. The van der Waals surface area contributed by atoms with Crippen LogP contribution in [0.25, 0.3) is 0 Å². The van der Waals surface area contributed by atoms with Crippen LogP contribution in [0.15, 0.2) is 30.6 Å². The molecule has 0 aliphatic heterocycles. The van der Waals surface area contributed by atoms with Gasteiger partial charge in [-0.1, -0.05) is 6.07 Å². The van der Waals surface area contributed by atoms with Gasteiger partial charge in [0.25, 0.3) is 0 Å². The van der Waals surface area contributed by atoms with Gasteiger partial charge in [-0.05, 0) is 12.1 Å². The molecule has 1 rings (SSSR count). The average Bonchev–Trinajstić information content (AvgIpc) is 1.72. The largest absolute Gasteiger partial charge is 0.265 e. The van der Waals surface area contributed by atoms with Gasteiger partial charge in [-0.2, -0.15) is 13.5 Å². The van der Waals surface area contributed by atoms with E-state index in [0.29, 0.717) is 0 Å². The molecule has 1 aromatic rings. The molecule has 0 spiro atoms. The number of rotatable bonds is 0. The number of hydrogen-bond donors (Lipinski definition) is 0. The van der Waals surface area contributed by atoms with E-state index in [2.05, 4.69) is 4.98 Å². The van der Waals surface area contributed by atoms with Crippen LogP contribution >= 0.6 is 13.5 Å². The minimum Gasteiger partial charge on any atom is -0.265 e. The first-order chi connectivity index (χ1) is 3.00. The van der Waals surface area contributed by atoms with Crippen LogP contribution in [-0.4, -0.2) is 4.98 Å². The summed E-state index contributed by atoms with van der Waals surface area (Å²) in [4.78, 5) is 3.78. The predicted molar refractivity (Wildman–Crippen MR) is 34.6 cm³/mol. The quantitative estimate of drug-likeness (QED) is 0.542. The molecule has 0 bridgehead atoms. The van der Waals surface area contributed by atoms with Crippen LogP contribution in [0.1, 0.15) is 0 Å². The smallest absolute Gasteiger partial charge is 0.0267 e. The summed E-state index contributed by atoms with van der Waals surface area (Å²) in [6.45, 7) is 0. The second-order valence-electron chi connectivity index (χ2n) is 1.02. The number of hydrogen-bond acceptors (Lipinski definition) is 1. The normalized spacial score (nSPS) is 6.00. The summed E-state index contributed by atoms with van der Waals surface area (Å²) in [6.07, 6.45) is 3.50. The van der Waals surface area contributed by atoms with Gasteiger partial charge in [0, 0.05) is 29.5 Å². The van der Waals surface area contributed by atoms with Gasteiger partial charge in [-0.3, -0.25) is 4.98 Å². The third kappa shape index (κ3) is 4.19. The summed E-state index contributed by atoms with van der Waals surface area (Å²) in [6, 6.07) is 5.72. The SMILES string of the molecule is S.[Cu].c1ccncc1. The second-order valence-corrected chi connectivity index (χ2v) is 1.02. The zero-order valence-electron chi connectivity index (χ0n) is 4.14. The van der Waals surface area contributed by atoms with E-state index in [9.17, 15) is 0 Å². The molecule has 1 heterocycles. The molecule has 0 aromatic carbocycles. The fourth-order valence-electron chi connectivity index (χ4n) is 0.313. The van der Waals surface area contributed by atoms with Crippen molar-refractivity contribution in [3.05, 3.63) is 30.6 Å². The molecule has 0 saturated heterocycles. The standard InChI is InChI=1S/C5H5N.Cu.H2S/c1-2-4-6-5-3-1;;/h1-5H;;1H2. The first-order valence-electron chi connectivity index (χ1n) is 1.85. The third-order valence-electron chi connectivity index (χ3n) is 0.566. The van der Waals surface area contributed by atoms with Crippen LogP contribution in [0.3, 0.4) is 0 Å². The Balaban J connectivity index is 0. The predicted octanol–water partition coefficient (Wildman–Crippen LogP) is 1.19. The Kier molecular flexibility index (Phi) is 9.57. The first-order valence-corrected chi connectivity index (χ1v) is 1.85. The number of nitrogens with zero attached hydrogens (tertiary/aromatic N) is 1. The summed E-state index contributed by atoms with van der Waals surface area (Å²) in [5.74, 6) is 0. The van der Waals surface area contributed by atoms with Crippen molar-refractivity contribution in [3.8, 4) is 0 Å². The summed E-state index contributed by atoms with van der Waals surface area (Å²) < 4.78 is 0. The Morgan fingerprint density at radius 2 is 1.38 bits per heavy atom. The van der Waals surface area contributed by atoms with Crippen molar-refractivity contribution in [1.29, 1.82) is 0 Å². The van der Waals surface area contributed by atoms with Gasteiger partial charge in [0.05, 0.1) is 0 Å². The fourth-order valence-corrected chi connectivity index (χ4v) is 0.313. The van der Waals surface area contributed by atoms with Gasteiger partial charge in [0.2, 0.25) is 0 Å². The van der Waals surface area contributed by atoms with Crippen LogP contribution in [0.5, 0.6) is 0 Å². The first kappa shape index (κ1) is 10.9. The van der Waals surface area contributed by atoms with Crippen LogP contribution in [-0.2, 0) is 17.1 Å². The zero-order valence-corrected chi connectivity index (χ0v) is 6.08. The van der Waals surface area contributed by atoms with Gasteiger partial charge >= 0.3 is 0 Å². The molecule has 0 N–H and O–H groups in total. The number of pyridine rings is 1. The molecule has 0 unspecified atom stereocenters. The average molecular weight is 177 g/mol. The van der Waals surface area contributed by atoms with Gasteiger partial charge < -0.3 is 0 Å². The summed E-state index contributed by atoms with van der Waals surface area (Å²) >= 11 is 0. The van der Waals surface area contributed by atoms with Crippen molar-refractivity contribution in [2.24, 2.45) is 0 Å². The molecule has 0 amide bonds. The van der Waals surface area contributed by atoms with E-state index < -0.39 is 0 Å². The molecule has 0 saturated carbocycles. The Hall–Kier alpha value is 0.0195. The van der Waals surface area contributed by atoms with E-state index in [-0.39, 0.29) is 30.6 Å². The Morgan fingerprint density at radius 1 is 0.875 bits per heavy atom. The molecule has 1 aromatic heterocycles. The van der Waals surface area contributed by atoms with Crippen molar-refractivity contribution in [2.45, 2.75) is 0 Å². The van der Waals surface area contributed by atoms with Gasteiger partial charge in [-0.15, -0.1) is 0 Å². The van der Waals surface area contributed by atoms with Gasteiger partial charge in [0.1, 0.15) is 0 Å². The maximum atomic E-state index is 3.78. The van der Waals surface area contributed by atoms with Crippen molar-refractivity contribution in [1.82, 2.24) is 4.98 Å². The van der Waals surface area contributed by atoms with Crippen LogP contribution in [0.4, 0.5) is 0 Å². The molecule has 0 aliphatic rings. The summed E-state index contributed by atoms with van der Waals surface area (Å²) in [5, 5.41) is 0. The second kappa shape index (κ2) is 7.02. The van der Waals surface area contributed by atoms with Crippen molar-refractivity contribution in [3.63, 3.8) is 0 Å². The molecule has 8 heavy (non-hydrogen) atoms. The Bertz CT molecular complexity index is 84.4. The molecule has 0 atom stereocenters. The summed E-state index contributed by atoms with van der Waals surface area (Å²) in [7, 11) is 0. The molecule has 1 nitrogen and oxygen atoms in total. The molecule has 49 valence electrons. The Morgan fingerprint density at radius 3 is 1.50 bits per heavy atom. The summed E-state index contributed by atoms with van der Waals surface area (Å²) in [5.41, 5.74) is 0. The van der Waals surface area contributed by atoms with E-state index in [1.165, 1.54) is 0 Å². The molecule has 1 radical (unpaired) electrons. The van der Waals surface area contributed by atoms with E-state index in [1.807, 2.05) is 18.2 Å². The minimum absolute atomic E-state index is 0. The topological polar surface area (TPSA) is 12.9 Å². The monoisotopic (exact) mass is 176 g/mol. The van der Waals surface area contributed by atoms with Crippen molar-refractivity contribution in [2.75, 3.05) is 0 Å². The zero-order chi connectivity index (χ0) is 4.24. The van der Waals surface area contributed by atoms with E-state index in [0.717, 1.165) is 0 Å². The number of aromatic nitrogens is 1. The van der Waals surface area contributed by atoms with E-state index >= 15 is 0 Å². The van der Waals surface area contributed by atoms with Crippen LogP contribution < -0.4 is 0 Å². The maximum Gasteiger partial charge on any atom is 0.0267 e. The van der Waals surface area contributed by atoms with Crippen molar-refractivity contribution < 1.29 is 17.1 Å². The third-order valence-corrected chi connectivity index (χ3v) is 0.566. The molecule has 0 fully saturated rings. The van der Waals surface area contributed by atoms with Crippen LogP contribution in [0.2, 0.25) is 0 Å². The molecule has 3 heteroatoms. The van der Waals surface area contributed by atoms with Gasteiger partial charge in [0.15, 0.2) is 0 Å². The van der Waals surface area contributed by atoms with Crippen LogP contribution in [0, 0.1) is 0 Å².